The van der Waals surface area contributed by atoms with E-state index < -0.39 is 165 Å². The Labute approximate surface area is 510 Å². The third-order valence-corrected chi connectivity index (χ3v) is 16.2. The van der Waals surface area contributed by atoms with E-state index in [2.05, 4.69) is 0 Å². The van der Waals surface area contributed by atoms with E-state index in [-0.39, 0.29) is 64.5 Å². The van der Waals surface area contributed by atoms with Gasteiger partial charge in [-0.05, 0) is 53.3 Å². The van der Waals surface area contributed by atoms with Gasteiger partial charge < -0.3 is 131 Å². The highest BCUT2D eigenvalue weighted by Gasteiger charge is 2.52. The van der Waals surface area contributed by atoms with Gasteiger partial charge in [-0.2, -0.15) is 0 Å². The smallest absolute Gasteiger partial charge is 0.111 e. The van der Waals surface area contributed by atoms with Gasteiger partial charge in [0.15, 0.2) is 0 Å². The number of hydrogen-bond acceptors (Lipinski definition) is 26. The van der Waals surface area contributed by atoms with Crippen LogP contribution in [0.3, 0.4) is 0 Å². The molecule has 0 bridgehead atoms. The van der Waals surface area contributed by atoms with Crippen molar-refractivity contribution in [2.24, 2.45) is 32.5 Å². The number of ether oxygens (including phenoxy) is 6. The average molecular weight is 1260 g/mol. The van der Waals surface area contributed by atoms with Gasteiger partial charge in [-0.15, -0.1) is 0 Å². The second-order valence-electron chi connectivity index (χ2n) is 30.5. The molecule has 516 valence electrons. The SMILES string of the molecule is CC(C)(C)[C@@H]1OC(CO)[C@@H](O)C(O)[C@@H]1O.CC(C)(C)[C@@H]1OC(CO)[C@H](O)C(O)[C@@H]1O.CC(C)(C)[C@H]1OC(CO)[C@@H](O)C(O)[C@@H]1O.CC1O[C@@H](C(C)(C)C)[C@@H](O)C(O)[C@@H]1O.CC1O[C@@H](C(C)(C)C)[C@@H](O)C(O)[C@H]1O.CC1O[C@@H](C(C)(C)C)[C@@H](O)C[C@H]1O. The Morgan fingerprint density at radius 1 is 0.233 bits per heavy atom. The van der Waals surface area contributed by atoms with Gasteiger partial charge >= 0.3 is 0 Å². The van der Waals surface area contributed by atoms with Crippen LogP contribution in [0.1, 0.15) is 152 Å². The summed E-state index contributed by atoms with van der Waals surface area (Å²) in [7, 11) is 0. The van der Waals surface area contributed by atoms with Gasteiger partial charge in [-0.25, -0.2) is 0 Å². The lowest BCUT2D eigenvalue weighted by molar-refractivity contribution is -0.250. The predicted molar refractivity (Wildman–Crippen MR) is 314 cm³/mol. The monoisotopic (exact) mass is 1260 g/mol. The quantitative estimate of drug-likeness (QED) is 0.137. The summed E-state index contributed by atoms with van der Waals surface area (Å²) in [6.07, 6.45) is -24.4. The molecule has 6 aliphatic heterocycles. The fourth-order valence-electron chi connectivity index (χ4n) is 10.7. The predicted octanol–water partition coefficient (Wildman–Crippen LogP) is -2.64. The van der Waals surface area contributed by atoms with Crippen LogP contribution in [0.15, 0.2) is 0 Å². The molecule has 0 aromatic carbocycles. The highest BCUT2D eigenvalue weighted by molar-refractivity contribution is 5.00. The Bertz CT molecular complexity index is 1740. The number of aliphatic hydroxyl groups excluding tert-OH is 20. The highest BCUT2D eigenvalue weighted by atomic mass is 16.6. The Morgan fingerprint density at radius 2 is 0.419 bits per heavy atom. The molecule has 0 aromatic rings. The fraction of sp³-hybridized carbons (Fsp3) is 1.00. The molecule has 29 atom stereocenters. The molecule has 26 heteroatoms. The Kier molecular flexibility index (Phi) is 32.0. The molecule has 6 aliphatic rings. The lowest BCUT2D eigenvalue weighted by Gasteiger charge is -2.45. The molecule has 0 spiro atoms. The van der Waals surface area contributed by atoms with Crippen LogP contribution in [0.4, 0.5) is 0 Å². The van der Waals surface area contributed by atoms with Crippen LogP contribution in [0, 0.1) is 32.5 Å². The largest absolute Gasteiger partial charge is 0.394 e. The number of aliphatic hydroxyl groups is 20. The van der Waals surface area contributed by atoms with Crippen LogP contribution in [-0.2, 0) is 28.4 Å². The second kappa shape index (κ2) is 33.2. The Balaban J connectivity index is 0.000000516. The van der Waals surface area contributed by atoms with Crippen LogP contribution in [0.5, 0.6) is 0 Å². The third-order valence-electron chi connectivity index (χ3n) is 16.2. The molecule has 0 radical (unpaired) electrons. The summed E-state index contributed by atoms with van der Waals surface area (Å²) < 4.78 is 32.7. The molecular weight excluding hydrogens is 1140 g/mol. The van der Waals surface area contributed by atoms with Gasteiger partial charge in [-0.3, -0.25) is 0 Å². The topological polar surface area (TPSA) is 460 Å². The van der Waals surface area contributed by atoms with Gasteiger partial charge in [-0.1, -0.05) is 125 Å². The normalized spacial score (nSPS) is 43.6. The van der Waals surface area contributed by atoms with E-state index >= 15 is 0 Å². The van der Waals surface area contributed by atoms with E-state index in [1.54, 1.807) is 13.8 Å². The molecule has 6 rings (SSSR count). The van der Waals surface area contributed by atoms with Gasteiger partial charge in [0.2, 0.25) is 0 Å². The van der Waals surface area contributed by atoms with E-state index in [0.717, 1.165) is 0 Å². The summed E-state index contributed by atoms with van der Waals surface area (Å²) in [5, 5.41) is 190. The summed E-state index contributed by atoms with van der Waals surface area (Å²) in [5.41, 5.74) is -1.69. The first-order chi connectivity index (χ1) is 38.7. The molecule has 86 heavy (non-hydrogen) atoms. The van der Waals surface area contributed by atoms with E-state index in [0.29, 0.717) is 6.42 Å². The van der Waals surface area contributed by atoms with Gasteiger partial charge in [0, 0.05) is 6.42 Å². The maximum atomic E-state index is 9.74. The van der Waals surface area contributed by atoms with Crippen molar-refractivity contribution in [3.8, 4) is 0 Å². The zero-order chi connectivity index (χ0) is 67.8. The fourth-order valence-corrected chi connectivity index (χ4v) is 10.7. The van der Waals surface area contributed by atoms with Crippen LogP contribution in [0.2, 0.25) is 0 Å². The van der Waals surface area contributed by atoms with Crippen LogP contribution >= 0.6 is 0 Å². The van der Waals surface area contributed by atoms with E-state index in [1.807, 2.05) is 132 Å². The average Bonchev–Trinajstić information content (AvgIpc) is 2.96. The van der Waals surface area contributed by atoms with Crippen molar-refractivity contribution in [2.45, 2.75) is 329 Å². The van der Waals surface area contributed by atoms with Crippen molar-refractivity contribution in [3.63, 3.8) is 0 Å². The van der Waals surface area contributed by atoms with Crippen LogP contribution < -0.4 is 0 Å². The molecule has 0 saturated carbocycles. The molecule has 0 aromatic heterocycles. The van der Waals surface area contributed by atoms with Crippen molar-refractivity contribution in [1.29, 1.82) is 0 Å². The van der Waals surface area contributed by atoms with E-state index in [1.165, 1.54) is 0 Å². The van der Waals surface area contributed by atoms with Crippen LogP contribution in [-0.4, -0.2) is 299 Å². The van der Waals surface area contributed by atoms with Crippen molar-refractivity contribution >= 4 is 0 Å². The first-order valence-corrected chi connectivity index (χ1v) is 30.0. The molecule has 20 N–H and O–H groups in total. The summed E-state index contributed by atoms with van der Waals surface area (Å²) >= 11 is 0. The lowest BCUT2D eigenvalue weighted by Crippen LogP contribution is -2.61. The molecule has 6 fully saturated rings. The third kappa shape index (κ3) is 22.6. The first-order valence-electron chi connectivity index (χ1n) is 30.0. The first kappa shape index (κ1) is 83.0. The molecule has 6 heterocycles. The molecular formula is C60H120O26. The highest BCUT2D eigenvalue weighted by Crippen LogP contribution is 2.38. The summed E-state index contributed by atoms with van der Waals surface area (Å²) in [5.74, 6) is 0. The Hall–Kier alpha value is -1.04. The Morgan fingerprint density at radius 3 is 0.616 bits per heavy atom. The lowest BCUT2D eigenvalue weighted by atomic mass is 9.80. The molecule has 11 unspecified atom stereocenters. The standard InChI is InChI=1S/3C10H20O5.2C10H20O4.C10H20O3/c3*1-10(2,3)9-8(14)7(13)6(12)5(4-11)15-9;2*1-5-6(11)7(12)8(13)9(14-5)10(2,3)4;1-6-7(11)5-8(12)9(13-6)10(2,3)4/h3*5-9,11-14H,4H2,1-3H3;2*5-9,11-13H,1-4H3;6-9,11-12H,5H2,1-4H3/t5?,6-,7?,8+,9+;5?,6-,7?,8+,9-;5?,6-,7?,8-,9+;5?,6-,7?,8+,9-;5?,6-,7?,8-,9+;6?,7-,8+,9-/m110101/s1. The number of hydrogen-bond donors (Lipinski definition) is 20. The zero-order valence-corrected chi connectivity index (χ0v) is 55.0. The maximum absolute atomic E-state index is 9.74. The van der Waals surface area contributed by atoms with Crippen molar-refractivity contribution in [3.05, 3.63) is 0 Å². The van der Waals surface area contributed by atoms with Crippen molar-refractivity contribution < 1.29 is 131 Å². The van der Waals surface area contributed by atoms with Gasteiger partial charge in [0.1, 0.15) is 110 Å². The van der Waals surface area contributed by atoms with E-state index in [4.69, 9.17) is 43.7 Å². The zero-order valence-electron chi connectivity index (χ0n) is 55.0. The van der Waals surface area contributed by atoms with Crippen LogP contribution in [0.25, 0.3) is 0 Å². The maximum Gasteiger partial charge on any atom is 0.111 e. The van der Waals surface area contributed by atoms with E-state index in [9.17, 15) is 86.8 Å². The molecule has 0 amide bonds. The van der Waals surface area contributed by atoms with Gasteiger partial charge in [0.05, 0.1) is 87.0 Å². The number of rotatable bonds is 3. The summed E-state index contributed by atoms with van der Waals surface area (Å²) in [6.45, 7) is 38.5. The minimum atomic E-state index is -1.28. The molecule has 6 saturated heterocycles. The molecule has 0 aliphatic carbocycles. The molecule has 26 nitrogen and oxygen atoms in total. The summed E-state index contributed by atoms with van der Waals surface area (Å²) in [6, 6.07) is 0. The second-order valence-corrected chi connectivity index (χ2v) is 30.5. The summed E-state index contributed by atoms with van der Waals surface area (Å²) in [4.78, 5) is 0. The van der Waals surface area contributed by atoms with Crippen molar-refractivity contribution in [1.82, 2.24) is 0 Å². The van der Waals surface area contributed by atoms with Gasteiger partial charge in [0.25, 0.3) is 0 Å². The minimum absolute atomic E-state index is 0.0756. The minimum Gasteiger partial charge on any atom is -0.394 e. The van der Waals surface area contributed by atoms with Crippen molar-refractivity contribution in [2.75, 3.05) is 19.8 Å².